The molecule has 2 amide bonds. The van der Waals surface area contributed by atoms with E-state index < -0.39 is 41.1 Å². The normalized spacial score (nSPS) is 34.8. The molecular formula is C30H47N3O7. The van der Waals surface area contributed by atoms with Gasteiger partial charge in [-0.1, -0.05) is 45.9 Å². The second kappa shape index (κ2) is 12.3. The Kier molecular flexibility index (Phi) is 9.44. The van der Waals surface area contributed by atoms with Crippen LogP contribution in [-0.2, 0) is 28.6 Å². The molecule has 4 aliphatic rings. The van der Waals surface area contributed by atoms with Crippen LogP contribution in [0.15, 0.2) is 25.3 Å². The molecule has 3 unspecified atom stereocenters. The summed E-state index contributed by atoms with van der Waals surface area (Å²) in [6, 6.07) is -1.56. The highest BCUT2D eigenvalue weighted by Crippen LogP contribution is 2.65. The quantitative estimate of drug-likeness (QED) is 0.266. The number of carbonyl (C=O) groups excluding carboxylic acids is 3. The maximum absolute atomic E-state index is 14.6. The maximum Gasteiger partial charge on any atom is 0.313 e. The van der Waals surface area contributed by atoms with Crippen molar-refractivity contribution in [1.82, 2.24) is 14.7 Å². The fraction of sp³-hybridized carbons (Fsp3) is 0.767. The Morgan fingerprint density at radius 1 is 1.27 bits per heavy atom. The molecule has 0 radical (unpaired) electrons. The van der Waals surface area contributed by atoms with Crippen LogP contribution in [-0.4, -0.2) is 120 Å². The van der Waals surface area contributed by atoms with Gasteiger partial charge in [-0.3, -0.25) is 19.3 Å². The minimum Gasteiger partial charge on any atom is -0.461 e. The number of ether oxygens (including phenoxy) is 3. The first-order valence-corrected chi connectivity index (χ1v) is 14.7. The first kappa shape index (κ1) is 30.7. The molecule has 40 heavy (non-hydrogen) atoms. The Hall–Kier alpha value is -2.27. The Morgan fingerprint density at radius 2 is 1.98 bits per heavy atom. The number of esters is 1. The van der Waals surface area contributed by atoms with Crippen LogP contribution in [0.4, 0.5) is 0 Å². The lowest BCUT2D eigenvalue weighted by atomic mass is 9.62. The highest BCUT2D eigenvalue weighted by molar-refractivity contribution is 5.99. The first-order valence-electron chi connectivity index (χ1n) is 14.7. The average molecular weight is 562 g/mol. The van der Waals surface area contributed by atoms with E-state index in [0.717, 1.165) is 13.1 Å². The molecule has 2 bridgehead atoms. The molecule has 0 saturated carbocycles. The van der Waals surface area contributed by atoms with E-state index in [-0.39, 0.29) is 36.9 Å². The third-order valence-corrected chi connectivity index (χ3v) is 9.88. The molecule has 4 heterocycles. The van der Waals surface area contributed by atoms with Gasteiger partial charge in [-0.2, -0.15) is 0 Å². The van der Waals surface area contributed by atoms with E-state index in [1.807, 2.05) is 27.7 Å². The summed E-state index contributed by atoms with van der Waals surface area (Å²) < 4.78 is 17.8. The highest BCUT2D eigenvalue weighted by atomic mass is 16.6. The average Bonchev–Trinajstić information content (AvgIpc) is 3.47. The van der Waals surface area contributed by atoms with Crippen molar-refractivity contribution >= 4 is 17.8 Å². The van der Waals surface area contributed by atoms with Gasteiger partial charge in [0.2, 0.25) is 11.8 Å². The molecule has 224 valence electrons. The number of hydrogen-bond donors (Lipinski definition) is 1. The lowest BCUT2D eigenvalue weighted by molar-refractivity contribution is -0.163. The molecule has 10 nitrogen and oxygen atoms in total. The molecule has 1 N–H and O–H groups in total. The molecule has 0 aliphatic carbocycles. The van der Waals surface area contributed by atoms with Gasteiger partial charge in [-0.25, -0.2) is 0 Å². The monoisotopic (exact) mass is 561 g/mol. The minimum absolute atomic E-state index is 0.0283. The third-order valence-electron chi connectivity index (χ3n) is 9.88. The molecule has 4 saturated heterocycles. The van der Waals surface area contributed by atoms with Crippen LogP contribution in [0.5, 0.6) is 0 Å². The van der Waals surface area contributed by atoms with Gasteiger partial charge in [-0.05, 0) is 25.2 Å². The van der Waals surface area contributed by atoms with Gasteiger partial charge in [-0.15, -0.1) is 6.58 Å². The Labute approximate surface area is 238 Å². The van der Waals surface area contributed by atoms with Crippen molar-refractivity contribution in [1.29, 1.82) is 0 Å². The van der Waals surface area contributed by atoms with E-state index in [2.05, 4.69) is 18.1 Å². The number of aliphatic hydroxyl groups excluding tert-OH is 1. The zero-order valence-corrected chi connectivity index (χ0v) is 24.5. The zero-order valence-electron chi connectivity index (χ0n) is 24.5. The SMILES string of the molecule is C=CCOC(=O)[C@@H]1[C@H]2C(=O)N([C@@H](CO)[C@@H](C)CC)C(C(=O)N(CC=C)CCN3CCOCC3)C23CC(C)[C@@]1(C)O3. The number of carbonyl (C=O) groups is 3. The van der Waals surface area contributed by atoms with Crippen molar-refractivity contribution < 1.29 is 33.7 Å². The number of nitrogens with zero attached hydrogens (tertiary/aromatic N) is 3. The first-order chi connectivity index (χ1) is 19.1. The number of aliphatic hydroxyl groups is 1. The van der Waals surface area contributed by atoms with E-state index in [0.29, 0.717) is 45.7 Å². The van der Waals surface area contributed by atoms with Crippen LogP contribution < -0.4 is 0 Å². The van der Waals surface area contributed by atoms with Gasteiger partial charge in [0.1, 0.15) is 24.2 Å². The summed E-state index contributed by atoms with van der Waals surface area (Å²) in [5, 5.41) is 10.5. The summed E-state index contributed by atoms with van der Waals surface area (Å²) in [7, 11) is 0. The summed E-state index contributed by atoms with van der Waals surface area (Å²) in [4.78, 5) is 48.1. The fourth-order valence-corrected chi connectivity index (χ4v) is 7.42. The number of amides is 2. The van der Waals surface area contributed by atoms with Crippen molar-refractivity contribution in [3.05, 3.63) is 25.3 Å². The molecule has 4 rings (SSSR count). The van der Waals surface area contributed by atoms with Crippen LogP contribution >= 0.6 is 0 Å². The van der Waals surface area contributed by atoms with Crippen LogP contribution in [0.1, 0.15) is 40.5 Å². The summed E-state index contributed by atoms with van der Waals surface area (Å²) in [5.74, 6) is -2.96. The van der Waals surface area contributed by atoms with Crippen molar-refractivity contribution in [3.63, 3.8) is 0 Å². The van der Waals surface area contributed by atoms with Gasteiger partial charge < -0.3 is 29.1 Å². The van der Waals surface area contributed by atoms with Crippen molar-refractivity contribution in [2.24, 2.45) is 23.7 Å². The molecule has 10 heteroatoms. The van der Waals surface area contributed by atoms with Crippen LogP contribution in [0.2, 0.25) is 0 Å². The smallest absolute Gasteiger partial charge is 0.313 e. The topological polar surface area (TPSA) is 109 Å². The second-order valence-corrected chi connectivity index (χ2v) is 12.0. The van der Waals surface area contributed by atoms with Crippen LogP contribution in [0.25, 0.3) is 0 Å². The second-order valence-electron chi connectivity index (χ2n) is 12.0. The number of fused-ring (bicyclic) bond motifs is 1. The van der Waals surface area contributed by atoms with Crippen molar-refractivity contribution in [2.75, 3.05) is 59.2 Å². The zero-order chi connectivity index (χ0) is 29.2. The summed E-state index contributed by atoms with van der Waals surface area (Å²) in [5.41, 5.74) is -2.15. The fourth-order valence-electron chi connectivity index (χ4n) is 7.42. The predicted molar refractivity (Wildman–Crippen MR) is 149 cm³/mol. The number of rotatable bonds is 13. The summed E-state index contributed by atoms with van der Waals surface area (Å²) in [6.45, 7) is 19.4. The largest absolute Gasteiger partial charge is 0.461 e. The van der Waals surface area contributed by atoms with Crippen LogP contribution in [0.3, 0.4) is 0 Å². The van der Waals surface area contributed by atoms with E-state index >= 15 is 0 Å². The summed E-state index contributed by atoms with van der Waals surface area (Å²) >= 11 is 0. The Bertz CT molecular complexity index is 984. The molecule has 0 aromatic rings. The molecule has 4 aliphatic heterocycles. The van der Waals surface area contributed by atoms with Gasteiger partial charge in [0, 0.05) is 32.7 Å². The number of morpholine rings is 1. The maximum atomic E-state index is 14.6. The summed E-state index contributed by atoms with van der Waals surface area (Å²) in [6.07, 6.45) is 4.36. The molecule has 8 atom stereocenters. The van der Waals surface area contributed by atoms with Crippen molar-refractivity contribution in [2.45, 2.75) is 63.8 Å². The lowest BCUT2D eigenvalue weighted by Crippen LogP contribution is -2.60. The molecule has 4 fully saturated rings. The molecule has 1 spiro atoms. The Balaban J connectivity index is 1.75. The van der Waals surface area contributed by atoms with Gasteiger partial charge >= 0.3 is 5.97 Å². The van der Waals surface area contributed by atoms with E-state index in [1.165, 1.54) is 6.08 Å². The van der Waals surface area contributed by atoms with Gasteiger partial charge in [0.15, 0.2) is 0 Å². The molecule has 0 aromatic heterocycles. The van der Waals surface area contributed by atoms with E-state index in [9.17, 15) is 19.5 Å². The van der Waals surface area contributed by atoms with Gasteiger partial charge in [0.25, 0.3) is 0 Å². The minimum atomic E-state index is -1.19. The molecule has 0 aromatic carbocycles. The van der Waals surface area contributed by atoms with E-state index in [1.54, 1.807) is 15.9 Å². The van der Waals surface area contributed by atoms with E-state index in [4.69, 9.17) is 14.2 Å². The van der Waals surface area contributed by atoms with Crippen LogP contribution in [0, 0.1) is 23.7 Å². The standard InChI is InChI=1S/C30H47N3O7/c1-7-10-32(12-11-31-13-16-38-17-14-31)27(36)25-30-18-21(5)29(6,40-30)24(28(37)39-15-8-2)23(30)26(35)33(25)22(19-34)20(4)9-3/h7-8,20-25,34H,1-2,9-19H2,3-6H3/t20-,21?,22-,23-,24-,25?,29+,30?/m0/s1. The predicted octanol–water partition coefficient (Wildman–Crippen LogP) is 1.48. The number of likely N-dealkylation sites (tertiary alicyclic amines) is 1. The lowest BCUT2D eigenvalue weighted by Gasteiger charge is -2.41. The van der Waals surface area contributed by atoms with Crippen molar-refractivity contribution in [3.8, 4) is 0 Å². The number of hydrogen-bond acceptors (Lipinski definition) is 8. The molecular weight excluding hydrogens is 514 g/mol. The third kappa shape index (κ3) is 5.01. The highest BCUT2D eigenvalue weighted by Gasteiger charge is 2.80. The Morgan fingerprint density at radius 3 is 2.58 bits per heavy atom. The van der Waals surface area contributed by atoms with Gasteiger partial charge in [0.05, 0.1) is 37.4 Å².